The Morgan fingerprint density at radius 1 is 0.885 bits per heavy atom. The molecule has 2 aromatic carbocycles. The Bertz CT molecular complexity index is 949. The highest BCUT2D eigenvalue weighted by molar-refractivity contribution is 6.05. The summed E-state index contributed by atoms with van der Waals surface area (Å²) in [5.41, 5.74) is 1.05. The first-order valence-electron chi connectivity index (χ1n) is 7.53. The van der Waals surface area contributed by atoms with Gasteiger partial charge in [-0.05, 0) is 42.5 Å². The second-order valence-electron chi connectivity index (χ2n) is 5.27. The van der Waals surface area contributed by atoms with Crippen LogP contribution in [0.25, 0.3) is 0 Å². The van der Waals surface area contributed by atoms with E-state index in [1.54, 1.807) is 24.3 Å². The fraction of sp³-hybridized carbons (Fsp3) is 0. The molecule has 0 fully saturated rings. The lowest BCUT2D eigenvalue weighted by molar-refractivity contribution is -0.384. The van der Waals surface area contributed by atoms with Crippen LogP contribution in [0.1, 0.15) is 20.9 Å². The highest BCUT2D eigenvalue weighted by Crippen LogP contribution is 2.18. The zero-order valence-electron chi connectivity index (χ0n) is 13.3. The second kappa shape index (κ2) is 7.31. The van der Waals surface area contributed by atoms with Gasteiger partial charge in [-0.3, -0.25) is 19.7 Å². The molecule has 0 saturated heterocycles. The Labute approximate surface area is 147 Å². The van der Waals surface area contributed by atoms with Crippen molar-refractivity contribution >= 4 is 28.9 Å². The van der Waals surface area contributed by atoms with E-state index in [0.29, 0.717) is 16.9 Å². The summed E-state index contributed by atoms with van der Waals surface area (Å²) in [7, 11) is 0. The van der Waals surface area contributed by atoms with Gasteiger partial charge in [0.25, 0.3) is 17.5 Å². The van der Waals surface area contributed by atoms with Crippen LogP contribution in [-0.4, -0.2) is 16.7 Å². The van der Waals surface area contributed by atoms with Gasteiger partial charge in [-0.15, -0.1) is 0 Å². The number of nitro groups is 1. The van der Waals surface area contributed by atoms with E-state index in [4.69, 9.17) is 4.42 Å². The number of nitrogens with zero attached hydrogens (tertiary/aromatic N) is 1. The first-order chi connectivity index (χ1) is 12.5. The second-order valence-corrected chi connectivity index (χ2v) is 5.27. The third kappa shape index (κ3) is 3.93. The molecule has 130 valence electrons. The van der Waals surface area contributed by atoms with E-state index >= 15 is 0 Å². The van der Waals surface area contributed by atoms with Gasteiger partial charge < -0.3 is 15.1 Å². The molecule has 0 radical (unpaired) electrons. The number of rotatable bonds is 5. The average Bonchev–Trinajstić information content (AvgIpc) is 3.17. The summed E-state index contributed by atoms with van der Waals surface area (Å²) in [6, 6.07) is 15.0. The van der Waals surface area contributed by atoms with Crippen LogP contribution in [0.5, 0.6) is 0 Å². The Morgan fingerprint density at radius 2 is 1.62 bits per heavy atom. The molecule has 8 nitrogen and oxygen atoms in total. The fourth-order valence-corrected chi connectivity index (χ4v) is 2.21. The minimum Gasteiger partial charge on any atom is -0.459 e. The minimum atomic E-state index is -0.536. The molecule has 2 N–H and O–H groups in total. The number of nitrogens with one attached hydrogen (secondary N) is 2. The van der Waals surface area contributed by atoms with E-state index in [2.05, 4.69) is 10.6 Å². The summed E-state index contributed by atoms with van der Waals surface area (Å²) in [5, 5.41) is 16.0. The third-order valence-corrected chi connectivity index (χ3v) is 3.46. The van der Waals surface area contributed by atoms with Gasteiger partial charge in [0.2, 0.25) is 0 Å². The molecule has 3 rings (SSSR count). The van der Waals surface area contributed by atoms with Crippen LogP contribution in [0.15, 0.2) is 71.3 Å². The Kier molecular flexibility index (Phi) is 4.75. The van der Waals surface area contributed by atoms with Crippen LogP contribution in [-0.2, 0) is 0 Å². The lowest BCUT2D eigenvalue weighted by Gasteiger charge is -2.07. The van der Waals surface area contributed by atoms with Crippen LogP contribution < -0.4 is 10.6 Å². The predicted molar refractivity (Wildman–Crippen MR) is 94.2 cm³/mol. The molecule has 0 unspecified atom stereocenters. The van der Waals surface area contributed by atoms with Crippen LogP contribution in [0, 0.1) is 10.1 Å². The highest BCUT2D eigenvalue weighted by Gasteiger charge is 2.11. The number of carbonyl (C=O) groups is 2. The zero-order chi connectivity index (χ0) is 18.5. The number of amides is 2. The minimum absolute atomic E-state index is 0.112. The van der Waals surface area contributed by atoms with E-state index in [-0.39, 0.29) is 11.4 Å². The van der Waals surface area contributed by atoms with Gasteiger partial charge in [0.15, 0.2) is 5.76 Å². The summed E-state index contributed by atoms with van der Waals surface area (Å²) < 4.78 is 5.00. The van der Waals surface area contributed by atoms with Crippen molar-refractivity contribution in [1.29, 1.82) is 0 Å². The van der Waals surface area contributed by atoms with Crippen molar-refractivity contribution in [1.82, 2.24) is 0 Å². The van der Waals surface area contributed by atoms with Gasteiger partial charge >= 0.3 is 0 Å². The van der Waals surface area contributed by atoms with E-state index in [1.165, 1.54) is 42.7 Å². The van der Waals surface area contributed by atoms with Crippen molar-refractivity contribution in [2.24, 2.45) is 0 Å². The Balaban J connectivity index is 1.66. The molecule has 2 amide bonds. The van der Waals surface area contributed by atoms with Crippen molar-refractivity contribution < 1.29 is 18.9 Å². The molecule has 26 heavy (non-hydrogen) atoms. The topological polar surface area (TPSA) is 114 Å². The Morgan fingerprint density at radius 3 is 2.27 bits per heavy atom. The van der Waals surface area contributed by atoms with E-state index in [0.717, 1.165) is 0 Å². The fourth-order valence-electron chi connectivity index (χ4n) is 2.21. The van der Waals surface area contributed by atoms with E-state index in [1.807, 2.05) is 0 Å². The monoisotopic (exact) mass is 351 g/mol. The smallest absolute Gasteiger partial charge is 0.291 e. The molecule has 0 saturated carbocycles. The van der Waals surface area contributed by atoms with E-state index in [9.17, 15) is 19.7 Å². The molecule has 8 heteroatoms. The van der Waals surface area contributed by atoms with Gasteiger partial charge in [0.05, 0.1) is 11.2 Å². The number of furan rings is 1. The standard InChI is InChI=1S/C18H13N3O5/c22-17(20-14-3-1-4-15(11-14)21(24)25)12-6-8-13(9-7-12)19-18(23)16-5-2-10-26-16/h1-11H,(H,19,23)(H,20,22). The molecular formula is C18H13N3O5. The lowest BCUT2D eigenvalue weighted by Crippen LogP contribution is -2.13. The van der Waals surface area contributed by atoms with Gasteiger partial charge in [-0.2, -0.15) is 0 Å². The molecular weight excluding hydrogens is 338 g/mol. The maximum Gasteiger partial charge on any atom is 0.291 e. The first-order valence-corrected chi connectivity index (χ1v) is 7.53. The zero-order valence-corrected chi connectivity index (χ0v) is 13.3. The van der Waals surface area contributed by atoms with Gasteiger partial charge in [0, 0.05) is 29.1 Å². The van der Waals surface area contributed by atoms with Crippen molar-refractivity contribution in [2.75, 3.05) is 10.6 Å². The maximum absolute atomic E-state index is 12.2. The lowest BCUT2D eigenvalue weighted by atomic mass is 10.2. The first kappa shape index (κ1) is 16.9. The van der Waals surface area contributed by atoms with Crippen LogP contribution in [0.4, 0.5) is 17.1 Å². The normalized spacial score (nSPS) is 10.2. The van der Waals surface area contributed by atoms with Gasteiger partial charge in [0.1, 0.15) is 0 Å². The largest absolute Gasteiger partial charge is 0.459 e. The quantitative estimate of drug-likeness (QED) is 0.537. The van der Waals surface area contributed by atoms with Crippen LogP contribution in [0.3, 0.4) is 0 Å². The van der Waals surface area contributed by atoms with Crippen molar-refractivity contribution in [3.05, 3.63) is 88.4 Å². The molecule has 0 aliphatic carbocycles. The summed E-state index contributed by atoms with van der Waals surface area (Å²) in [4.78, 5) is 34.4. The maximum atomic E-state index is 12.2. The number of anilines is 2. The van der Waals surface area contributed by atoms with Crippen molar-refractivity contribution in [2.45, 2.75) is 0 Å². The molecule has 0 spiro atoms. The molecule has 0 aliphatic rings. The molecule has 3 aromatic rings. The summed E-state index contributed by atoms with van der Waals surface area (Å²) in [6.45, 7) is 0. The third-order valence-electron chi connectivity index (χ3n) is 3.46. The number of hydrogen-bond acceptors (Lipinski definition) is 5. The van der Waals surface area contributed by atoms with E-state index < -0.39 is 16.7 Å². The summed E-state index contributed by atoms with van der Waals surface area (Å²) in [6.07, 6.45) is 1.40. The number of carbonyl (C=O) groups excluding carboxylic acids is 2. The number of hydrogen-bond donors (Lipinski definition) is 2. The highest BCUT2D eigenvalue weighted by atomic mass is 16.6. The number of benzene rings is 2. The van der Waals surface area contributed by atoms with Crippen molar-refractivity contribution in [3.8, 4) is 0 Å². The SMILES string of the molecule is O=C(Nc1cccc([N+](=O)[O-])c1)c1ccc(NC(=O)c2ccco2)cc1. The number of nitro benzene ring substituents is 1. The molecule has 1 heterocycles. The van der Waals surface area contributed by atoms with Crippen LogP contribution in [0.2, 0.25) is 0 Å². The molecule has 0 atom stereocenters. The summed E-state index contributed by atoms with van der Waals surface area (Å²) in [5.74, 6) is -0.643. The summed E-state index contributed by atoms with van der Waals surface area (Å²) >= 11 is 0. The van der Waals surface area contributed by atoms with Gasteiger partial charge in [-0.1, -0.05) is 6.07 Å². The predicted octanol–water partition coefficient (Wildman–Crippen LogP) is 3.69. The molecule has 0 aliphatic heterocycles. The molecule has 1 aromatic heterocycles. The van der Waals surface area contributed by atoms with Gasteiger partial charge in [-0.25, -0.2) is 0 Å². The average molecular weight is 351 g/mol. The Hall–Kier alpha value is -3.94. The number of non-ortho nitro benzene ring substituents is 1. The molecule has 0 bridgehead atoms. The van der Waals surface area contributed by atoms with Crippen LogP contribution >= 0.6 is 0 Å². The van der Waals surface area contributed by atoms with Crippen molar-refractivity contribution in [3.63, 3.8) is 0 Å².